The second-order valence-electron chi connectivity index (χ2n) is 7.48. The molecule has 3 aromatic rings. The number of likely N-dealkylation sites (N-methyl/N-ethyl adjacent to an activating group) is 1. The van der Waals surface area contributed by atoms with Crippen molar-refractivity contribution in [2.75, 3.05) is 27.7 Å². The fraction of sp³-hybridized carbons (Fsp3) is 0.200. The Labute approximate surface area is 187 Å². The summed E-state index contributed by atoms with van der Waals surface area (Å²) in [7, 11) is 5.58. The van der Waals surface area contributed by atoms with Gasteiger partial charge in [0.25, 0.3) is 5.91 Å². The van der Waals surface area contributed by atoms with Gasteiger partial charge in [0, 0.05) is 17.7 Å². The molecule has 0 saturated heterocycles. The van der Waals surface area contributed by atoms with E-state index in [9.17, 15) is 9.59 Å². The van der Waals surface area contributed by atoms with Crippen LogP contribution < -0.4 is 20.5 Å². The Hall–Kier alpha value is -3.84. The Morgan fingerprint density at radius 2 is 1.34 bits per heavy atom. The van der Waals surface area contributed by atoms with Gasteiger partial charge in [-0.2, -0.15) is 0 Å². The van der Waals surface area contributed by atoms with Gasteiger partial charge in [-0.15, -0.1) is 0 Å². The Bertz CT molecular complexity index is 1050. The van der Waals surface area contributed by atoms with E-state index >= 15 is 0 Å². The highest BCUT2D eigenvalue weighted by molar-refractivity contribution is 5.94. The fourth-order valence-corrected chi connectivity index (χ4v) is 3.21. The van der Waals surface area contributed by atoms with Gasteiger partial charge in [-0.25, -0.2) is 0 Å². The first-order valence-corrected chi connectivity index (χ1v) is 10.1. The van der Waals surface area contributed by atoms with Gasteiger partial charge in [0.05, 0.1) is 13.2 Å². The van der Waals surface area contributed by atoms with Gasteiger partial charge in [-0.1, -0.05) is 12.1 Å². The Morgan fingerprint density at radius 1 is 0.844 bits per heavy atom. The summed E-state index contributed by atoms with van der Waals surface area (Å²) in [5.41, 5.74) is 7.27. The highest BCUT2D eigenvalue weighted by Gasteiger charge is 2.16. The molecule has 0 saturated carbocycles. The minimum absolute atomic E-state index is 0.0239. The van der Waals surface area contributed by atoms with Crippen LogP contribution in [-0.2, 0) is 0 Å². The average Bonchev–Trinajstić information content (AvgIpc) is 2.80. The number of hydrogen-bond donors (Lipinski definition) is 2. The molecule has 0 radical (unpaired) electrons. The Kier molecular flexibility index (Phi) is 7.46. The predicted molar refractivity (Wildman–Crippen MR) is 123 cm³/mol. The minimum atomic E-state index is -0.490. The number of nitrogens with two attached hydrogens (primary N) is 1. The lowest BCUT2D eigenvalue weighted by molar-refractivity contribution is 0.0940. The quantitative estimate of drug-likeness (QED) is 0.538. The first-order valence-electron chi connectivity index (χ1n) is 10.1. The van der Waals surface area contributed by atoms with Crippen LogP contribution in [0.3, 0.4) is 0 Å². The highest BCUT2D eigenvalue weighted by atomic mass is 16.5. The maximum Gasteiger partial charge on any atom is 0.251 e. The summed E-state index contributed by atoms with van der Waals surface area (Å²) < 4.78 is 11.0. The van der Waals surface area contributed by atoms with Gasteiger partial charge in [-0.05, 0) is 80.3 Å². The molecule has 0 bridgehead atoms. The highest BCUT2D eigenvalue weighted by Crippen LogP contribution is 2.23. The van der Waals surface area contributed by atoms with E-state index in [-0.39, 0.29) is 11.9 Å². The maximum absolute atomic E-state index is 12.6. The number of rotatable bonds is 9. The lowest BCUT2D eigenvalue weighted by Crippen LogP contribution is -2.34. The number of methoxy groups -OCH3 is 1. The molecule has 0 aliphatic rings. The van der Waals surface area contributed by atoms with Crippen LogP contribution in [0.15, 0.2) is 72.8 Å². The van der Waals surface area contributed by atoms with Crippen LogP contribution in [0.4, 0.5) is 0 Å². The second-order valence-corrected chi connectivity index (χ2v) is 7.48. The van der Waals surface area contributed by atoms with E-state index < -0.39 is 5.91 Å². The topological polar surface area (TPSA) is 93.9 Å². The van der Waals surface area contributed by atoms with Crippen molar-refractivity contribution >= 4 is 11.8 Å². The molecule has 1 atom stereocenters. The molecular formula is C25H27N3O4. The number of nitrogens with zero attached hydrogens (tertiary/aromatic N) is 1. The molecule has 32 heavy (non-hydrogen) atoms. The summed E-state index contributed by atoms with van der Waals surface area (Å²) in [4.78, 5) is 25.8. The summed E-state index contributed by atoms with van der Waals surface area (Å²) >= 11 is 0. The van der Waals surface area contributed by atoms with Crippen LogP contribution in [0.5, 0.6) is 17.2 Å². The van der Waals surface area contributed by atoms with Crippen molar-refractivity contribution in [2.45, 2.75) is 6.04 Å². The molecule has 2 amide bonds. The molecule has 3 rings (SSSR count). The van der Waals surface area contributed by atoms with E-state index in [4.69, 9.17) is 15.2 Å². The zero-order valence-corrected chi connectivity index (χ0v) is 18.4. The number of carbonyl (C=O) groups is 2. The van der Waals surface area contributed by atoms with E-state index in [1.54, 1.807) is 55.6 Å². The van der Waals surface area contributed by atoms with Gasteiger partial charge in [-0.3, -0.25) is 9.59 Å². The van der Waals surface area contributed by atoms with Crippen molar-refractivity contribution in [1.29, 1.82) is 0 Å². The lowest BCUT2D eigenvalue weighted by Gasteiger charge is -2.25. The summed E-state index contributed by atoms with van der Waals surface area (Å²) in [6, 6.07) is 21.2. The van der Waals surface area contributed by atoms with Crippen molar-refractivity contribution in [3.63, 3.8) is 0 Å². The van der Waals surface area contributed by atoms with Gasteiger partial charge < -0.3 is 25.4 Å². The van der Waals surface area contributed by atoms with Crippen LogP contribution in [0.25, 0.3) is 0 Å². The van der Waals surface area contributed by atoms with E-state index in [0.717, 1.165) is 11.3 Å². The average molecular weight is 434 g/mol. The summed E-state index contributed by atoms with van der Waals surface area (Å²) in [6.45, 7) is 0.461. The zero-order chi connectivity index (χ0) is 23.1. The number of benzene rings is 3. The number of carbonyl (C=O) groups excluding carboxylic acids is 2. The van der Waals surface area contributed by atoms with E-state index in [1.165, 1.54) is 0 Å². The fourth-order valence-electron chi connectivity index (χ4n) is 3.21. The third-order valence-corrected chi connectivity index (χ3v) is 5.07. The summed E-state index contributed by atoms with van der Waals surface area (Å²) in [6.07, 6.45) is 0. The van der Waals surface area contributed by atoms with Gasteiger partial charge in [0.1, 0.15) is 17.2 Å². The summed E-state index contributed by atoms with van der Waals surface area (Å²) in [5.74, 6) is 1.29. The van der Waals surface area contributed by atoms with E-state index in [1.807, 2.05) is 38.4 Å². The molecule has 0 aliphatic heterocycles. The summed E-state index contributed by atoms with van der Waals surface area (Å²) in [5, 5.41) is 3.00. The number of amides is 2. The van der Waals surface area contributed by atoms with Crippen LogP contribution in [-0.4, -0.2) is 44.5 Å². The van der Waals surface area contributed by atoms with Gasteiger partial charge in [0.2, 0.25) is 5.91 Å². The van der Waals surface area contributed by atoms with E-state index in [2.05, 4.69) is 10.2 Å². The third-order valence-electron chi connectivity index (χ3n) is 5.07. The monoisotopic (exact) mass is 433 g/mol. The van der Waals surface area contributed by atoms with E-state index in [0.29, 0.717) is 29.2 Å². The first-order chi connectivity index (χ1) is 15.4. The predicted octanol–water partition coefficient (Wildman–Crippen LogP) is 3.62. The van der Waals surface area contributed by atoms with Crippen molar-refractivity contribution in [3.05, 3.63) is 89.5 Å². The minimum Gasteiger partial charge on any atom is -0.497 e. The molecule has 0 aliphatic carbocycles. The second kappa shape index (κ2) is 10.5. The molecule has 3 aromatic carbocycles. The van der Waals surface area contributed by atoms with Gasteiger partial charge in [0.15, 0.2) is 0 Å². The Balaban J connectivity index is 1.60. The molecule has 1 unspecified atom stereocenters. The number of nitrogens with one attached hydrogen (secondary N) is 1. The molecular weight excluding hydrogens is 406 g/mol. The molecule has 166 valence electrons. The van der Waals surface area contributed by atoms with Crippen LogP contribution in [0, 0.1) is 0 Å². The first kappa shape index (κ1) is 22.8. The maximum atomic E-state index is 12.6. The van der Waals surface area contributed by atoms with Crippen molar-refractivity contribution in [2.24, 2.45) is 5.73 Å². The smallest absolute Gasteiger partial charge is 0.251 e. The van der Waals surface area contributed by atoms with Crippen molar-refractivity contribution in [3.8, 4) is 17.2 Å². The molecule has 0 aromatic heterocycles. The van der Waals surface area contributed by atoms with Crippen LogP contribution >= 0.6 is 0 Å². The normalized spacial score (nSPS) is 11.6. The molecule has 3 N–H and O–H groups in total. The lowest BCUT2D eigenvalue weighted by atomic mass is 10.1. The van der Waals surface area contributed by atoms with Crippen molar-refractivity contribution in [1.82, 2.24) is 10.2 Å². The Morgan fingerprint density at radius 3 is 1.81 bits per heavy atom. The molecule has 7 heteroatoms. The van der Waals surface area contributed by atoms with Gasteiger partial charge >= 0.3 is 0 Å². The standard InChI is InChI=1S/C25H27N3O4/c1-28(2)23(17-4-10-20(31-3)11-5-17)16-27-25(30)19-8-14-22(15-9-19)32-21-12-6-18(7-13-21)24(26)29/h4-15,23H,16H2,1-3H3,(H2,26,29)(H,27,30). The number of hydrogen-bond acceptors (Lipinski definition) is 5. The van der Waals surface area contributed by atoms with Crippen molar-refractivity contribution < 1.29 is 19.1 Å². The third kappa shape index (κ3) is 5.86. The SMILES string of the molecule is COc1ccc(C(CNC(=O)c2ccc(Oc3ccc(C(N)=O)cc3)cc2)N(C)C)cc1. The number of primary amides is 1. The van der Waals surface area contributed by atoms with Crippen LogP contribution in [0.1, 0.15) is 32.3 Å². The molecule has 0 heterocycles. The molecule has 0 spiro atoms. The molecule has 0 fully saturated rings. The van der Waals surface area contributed by atoms with Crippen LogP contribution in [0.2, 0.25) is 0 Å². The molecule has 7 nitrogen and oxygen atoms in total. The largest absolute Gasteiger partial charge is 0.497 e. The zero-order valence-electron chi connectivity index (χ0n) is 18.4. The number of ether oxygens (including phenoxy) is 2.